The molecule has 1 aromatic heterocycles. The number of benzene rings is 2. The lowest BCUT2D eigenvalue weighted by molar-refractivity contribution is 0.122. The molecule has 0 atom stereocenters. The molecule has 0 N–H and O–H groups in total. The van der Waals surface area contributed by atoms with Gasteiger partial charge in [0.1, 0.15) is 10.7 Å². The van der Waals surface area contributed by atoms with Crippen molar-refractivity contribution in [1.29, 1.82) is 0 Å². The number of pyridine rings is 1. The zero-order valence-electron chi connectivity index (χ0n) is 14.2. The molecule has 2 heterocycles. The maximum Gasteiger partial charge on any atom is 0.210 e. The van der Waals surface area contributed by atoms with Crippen LogP contribution in [-0.2, 0) is 14.6 Å². The Morgan fingerprint density at radius 1 is 1.07 bits per heavy atom. The fraction of sp³-hybridized carbons (Fsp3) is 0.211. The SMILES string of the molecule is O=S(=O)(c1ccc(F)cc1)c1cnc2ccc(Cl)cc2c1N1CCOCC1. The fourth-order valence-electron chi connectivity index (χ4n) is 3.18. The molecule has 0 bridgehead atoms. The lowest BCUT2D eigenvalue weighted by atomic mass is 10.1. The molecule has 3 aromatic rings. The lowest BCUT2D eigenvalue weighted by Gasteiger charge is -2.31. The summed E-state index contributed by atoms with van der Waals surface area (Å²) in [4.78, 5) is 6.38. The van der Waals surface area contributed by atoms with Crippen molar-refractivity contribution in [2.24, 2.45) is 0 Å². The van der Waals surface area contributed by atoms with E-state index in [1.165, 1.54) is 18.3 Å². The predicted molar refractivity (Wildman–Crippen MR) is 102 cm³/mol. The lowest BCUT2D eigenvalue weighted by Crippen LogP contribution is -2.37. The van der Waals surface area contributed by atoms with Gasteiger partial charge in [-0.3, -0.25) is 4.98 Å². The zero-order chi connectivity index (χ0) is 19.0. The van der Waals surface area contributed by atoms with E-state index in [9.17, 15) is 12.8 Å². The Balaban J connectivity index is 1.98. The molecule has 0 saturated carbocycles. The molecule has 0 radical (unpaired) electrons. The summed E-state index contributed by atoms with van der Waals surface area (Å²) < 4.78 is 45.2. The first kappa shape index (κ1) is 18.2. The van der Waals surface area contributed by atoms with Crippen molar-refractivity contribution < 1.29 is 17.5 Å². The number of nitrogens with zero attached hydrogens (tertiary/aromatic N) is 2. The van der Waals surface area contributed by atoms with E-state index in [0.717, 1.165) is 12.1 Å². The van der Waals surface area contributed by atoms with Crippen molar-refractivity contribution in [3.05, 3.63) is 59.5 Å². The van der Waals surface area contributed by atoms with E-state index in [-0.39, 0.29) is 9.79 Å². The van der Waals surface area contributed by atoms with Gasteiger partial charge in [-0.1, -0.05) is 11.6 Å². The number of aromatic nitrogens is 1. The Hall–Kier alpha value is -2.22. The largest absolute Gasteiger partial charge is 0.378 e. The third-order valence-electron chi connectivity index (χ3n) is 4.51. The van der Waals surface area contributed by atoms with E-state index in [1.54, 1.807) is 18.2 Å². The number of ether oxygens (including phenoxy) is 1. The molecule has 1 aliphatic heterocycles. The molecule has 8 heteroatoms. The Bertz CT molecular complexity index is 1100. The van der Waals surface area contributed by atoms with E-state index in [0.29, 0.717) is 47.9 Å². The third kappa shape index (κ3) is 3.38. The quantitative estimate of drug-likeness (QED) is 0.621. The number of rotatable bonds is 3. The van der Waals surface area contributed by atoms with Gasteiger partial charge in [0.2, 0.25) is 9.84 Å². The van der Waals surface area contributed by atoms with Gasteiger partial charge in [-0.25, -0.2) is 12.8 Å². The van der Waals surface area contributed by atoms with Gasteiger partial charge in [0.25, 0.3) is 0 Å². The van der Waals surface area contributed by atoms with Gasteiger partial charge in [-0.15, -0.1) is 0 Å². The van der Waals surface area contributed by atoms with Gasteiger partial charge >= 0.3 is 0 Å². The van der Waals surface area contributed by atoms with E-state index >= 15 is 0 Å². The predicted octanol–water partition coefficient (Wildman–Crippen LogP) is 3.70. The monoisotopic (exact) mass is 406 g/mol. The summed E-state index contributed by atoms with van der Waals surface area (Å²) in [6, 6.07) is 9.98. The third-order valence-corrected chi connectivity index (χ3v) is 6.51. The van der Waals surface area contributed by atoms with Crippen LogP contribution in [0.1, 0.15) is 0 Å². The minimum absolute atomic E-state index is 0.0154. The first-order valence-corrected chi connectivity index (χ1v) is 10.2. The molecule has 1 fully saturated rings. The van der Waals surface area contributed by atoms with E-state index in [4.69, 9.17) is 16.3 Å². The Kier molecular flexibility index (Phi) is 4.75. The van der Waals surface area contributed by atoms with Crippen molar-refractivity contribution >= 4 is 38.0 Å². The van der Waals surface area contributed by atoms with Crippen molar-refractivity contribution in [2.75, 3.05) is 31.2 Å². The van der Waals surface area contributed by atoms with Crippen LogP contribution in [0.25, 0.3) is 10.9 Å². The number of sulfone groups is 1. The highest BCUT2D eigenvalue weighted by atomic mass is 35.5. The van der Waals surface area contributed by atoms with Crippen molar-refractivity contribution in [1.82, 2.24) is 4.98 Å². The summed E-state index contributed by atoms with van der Waals surface area (Å²) in [6.07, 6.45) is 1.36. The Morgan fingerprint density at radius 2 is 1.78 bits per heavy atom. The summed E-state index contributed by atoms with van der Waals surface area (Å²) in [5.41, 5.74) is 1.20. The van der Waals surface area contributed by atoms with Gasteiger partial charge in [0.05, 0.1) is 29.3 Å². The van der Waals surface area contributed by atoms with Crippen LogP contribution in [0.3, 0.4) is 0 Å². The van der Waals surface area contributed by atoms with Crippen LogP contribution in [-0.4, -0.2) is 39.7 Å². The van der Waals surface area contributed by atoms with E-state index in [2.05, 4.69) is 4.98 Å². The molecule has 0 amide bonds. The molecule has 0 spiro atoms. The van der Waals surface area contributed by atoms with Crippen LogP contribution in [0.2, 0.25) is 5.02 Å². The molecule has 4 rings (SSSR count). The zero-order valence-corrected chi connectivity index (χ0v) is 15.8. The number of morpholine rings is 1. The highest BCUT2D eigenvalue weighted by Crippen LogP contribution is 2.37. The van der Waals surface area contributed by atoms with Crippen LogP contribution >= 0.6 is 11.6 Å². The number of hydrogen-bond donors (Lipinski definition) is 0. The molecule has 1 aliphatic rings. The van der Waals surface area contributed by atoms with Crippen molar-refractivity contribution in [3.8, 4) is 0 Å². The van der Waals surface area contributed by atoms with Crippen molar-refractivity contribution in [2.45, 2.75) is 9.79 Å². The standard InChI is InChI=1S/C19H16ClFN2O3S/c20-13-1-6-17-16(11-13)19(23-7-9-26-10-8-23)18(12-22-17)27(24,25)15-4-2-14(21)3-5-15/h1-6,11-12H,7-10H2. The summed E-state index contributed by atoms with van der Waals surface area (Å²) in [5.74, 6) is -0.495. The molecule has 5 nitrogen and oxygen atoms in total. The maximum atomic E-state index is 13.3. The Labute approximate surface area is 161 Å². The van der Waals surface area contributed by atoms with Gasteiger partial charge in [0.15, 0.2) is 0 Å². The van der Waals surface area contributed by atoms with Gasteiger partial charge in [-0.2, -0.15) is 0 Å². The average molecular weight is 407 g/mol. The number of anilines is 1. The molecule has 2 aromatic carbocycles. The van der Waals surface area contributed by atoms with Gasteiger partial charge in [-0.05, 0) is 42.5 Å². The molecular weight excluding hydrogens is 391 g/mol. The van der Waals surface area contributed by atoms with E-state index in [1.807, 2.05) is 4.90 Å². The second-order valence-corrected chi connectivity index (χ2v) is 8.54. The van der Waals surface area contributed by atoms with Gasteiger partial charge < -0.3 is 9.64 Å². The first-order chi connectivity index (χ1) is 13.0. The van der Waals surface area contributed by atoms with Crippen molar-refractivity contribution in [3.63, 3.8) is 0 Å². The number of fused-ring (bicyclic) bond motifs is 1. The van der Waals surface area contributed by atoms with Crippen LogP contribution in [0.5, 0.6) is 0 Å². The maximum absolute atomic E-state index is 13.3. The van der Waals surface area contributed by atoms with Crippen LogP contribution in [0.4, 0.5) is 10.1 Å². The molecular formula is C19H16ClFN2O3S. The summed E-state index contributed by atoms with van der Waals surface area (Å²) >= 11 is 6.17. The normalized spacial score (nSPS) is 15.3. The second-order valence-electron chi connectivity index (χ2n) is 6.19. The minimum atomic E-state index is -3.89. The summed E-state index contributed by atoms with van der Waals surface area (Å²) in [7, 11) is -3.89. The highest BCUT2D eigenvalue weighted by Gasteiger charge is 2.28. The minimum Gasteiger partial charge on any atom is -0.378 e. The fourth-order valence-corrected chi connectivity index (χ4v) is 4.79. The average Bonchev–Trinajstić information content (AvgIpc) is 2.68. The molecule has 0 aliphatic carbocycles. The first-order valence-electron chi connectivity index (χ1n) is 8.38. The number of halogens is 2. The molecule has 0 unspecified atom stereocenters. The van der Waals surface area contributed by atoms with Crippen LogP contribution in [0, 0.1) is 5.82 Å². The summed E-state index contributed by atoms with van der Waals surface area (Å²) in [5, 5.41) is 1.16. The molecule has 27 heavy (non-hydrogen) atoms. The van der Waals surface area contributed by atoms with Crippen LogP contribution in [0.15, 0.2) is 58.5 Å². The number of hydrogen-bond acceptors (Lipinski definition) is 5. The Morgan fingerprint density at radius 3 is 2.48 bits per heavy atom. The second kappa shape index (κ2) is 7.07. The topological polar surface area (TPSA) is 59.5 Å². The molecule has 140 valence electrons. The summed E-state index contributed by atoms with van der Waals surface area (Å²) in [6.45, 7) is 2.11. The molecule has 1 saturated heterocycles. The van der Waals surface area contributed by atoms with Crippen LogP contribution < -0.4 is 4.90 Å². The van der Waals surface area contributed by atoms with E-state index < -0.39 is 15.7 Å². The smallest absolute Gasteiger partial charge is 0.210 e. The highest BCUT2D eigenvalue weighted by molar-refractivity contribution is 7.91. The van der Waals surface area contributed by atoms with Gasteiger partial charge in [0, 0.05) is 29.7 Å².